The molecule has 136 valence electrons. The third-order valence-electron chi connectivity index (χ3n) is 5.52. The molecule has 4 rings (SSSR count). The largest absolute Gasteiger partial charge is 0.361 e. The molecule has 2 amide bonds. The van der Waals surface area contributed by atoms with Crippen molar-refractivity contribution in [2.45, 2.75) is 25.9 Å². The van der Waals surface area contributed by atoms with Crippen LogP contribution < -0.4 is 0 Å². The average Bonchev–Trinajstić information content (AvgIpc) is 3.02. The lowest BCUT2D eigenvalue weighted by molar-refractivity contribution is -0.158. The minimum Gasteiger partial charge on any atom is -0.361 e. The number of benzene rings is 1. The van der Waals surface area contributed by atoms with Crippen LogP contribution in [0.5, 0.6) is 0 Å². The number of rotatable bonds is 1. The van der Waals surface area contributed by atoms with Gasteiger partial charge in [0.15, 0.2) is 0 Å². The number of pyridine rings is 1. The highest BCUT2D eigenvalue weighted by molar-refractivity contribution is 5.99. The van der Waals surface area contributed by atoms with Crippen LogP contribution in [0, 0.1) is 13.8 Å². The van der Waals surface area contributed by atoms with E-state index in [1.807, 2.05) is 43.0 Å². The predicted molar refractivity (Wildman–Crippen MR) is 98.1 cm³/mol. The van der Waals surface area contributed by atoms with Crippen LogP contribution in [-0.2, 0) is 9.53 Å². The number of para-hydroxylation sites is 1. The Morgan fingerprint density at radius 1 is 1.27 bits per heavy atom. The molecule has 2 saturated heterocycles. The Balaban J connectivity index is 1.60. The highest BCUT2D eigenvalue weighted by Gasteiger charge is 2.45. The smallest absolute Gasteiger partial charge is 0.255 e. The molecule has 0 radical (unpaired) electrons. The van der Waals surface area contributed by atoms with Crippen molar-refractivity contribution < 1.29 is 14.3 Å². The molecule has 2 aliphatic heterocycles. The van der Waals surface area contributed by atoms with E-state index in [9.17, 15) is 9.59 Å². The SMILES string of the molecule is Cc1nc2c(C)cccc2cc1C(=O)N1CC[C@@]2(CN(C)C(=O)CO2)C1. The first-order valence-electron chi connectivity index (χ1n) is 8.93. The zero-order chi connectivity index (χ0) is 18.5. The lowest BCUT2D eigenvalue weighted by Gasteiger charge is -2.38. The maximum absolute atomic E-state index is 13.1. The highest BCUT2D eigenvalue weighted by atomic mass is 16.5. The fourth-order valence-electron chi connectivity index (χ4n) is 3.98. The van der Waals surface area contributed by atoms with Crippen LogP contribution in [0.3, 0.4) is 0 Å². The van der Waals surface area contributed by atoms with Crippen LogP contribution in [0.25, 0.3) is 10.9 Å². The predicted octanol–water partition coefficient (Wildman–Crippen LogP) is 1.92. The quantitative estimate of drug-likeness (QED) is 0.786. The number of carbonyl (C=O) groups is 2. The summed E-state index contributed by atoms with van der Waals surface area (Å²) in [5.41, 5.74) is 2.99. The van der Waals surface area contributed by atoms with Crippen LogP contribution in [0.2, 0.25) is 0 Å². The molecule has 1 aromatic carbocycles. The van der Waals surface area contributed by atoms with Gasteiger partial charge < -0.3 is 14.5 Å². The maximum Gasteiger partial charge on any atom is 0.255 e. The Kier molecular flexibility index (Phi) is 3.95. The molecule has 26 heavy (non-hydrogen) atoms. The molecular formula is C20H23N3O3. The standard InChI is InChI=1S/C20H23N3O3/c1-13-5-4-6-15-9-16(14(2)21-18(13)15)19(25)23-8-7-20(12-23)11-22(3)17(24)10-26-20/h4-6,9H,7-8,10-12H2,1-3H3/t20-/m1/s1. The molecule has 0 aliphatic carbocycles. The minimum absolute atomic E-state index is 0.00894. The Hall–Kier alpha value is -2.47. The lowest BCUT2D eigenvalue weighted by atomic mass is 10.0. The van der Waals surface area contributed by atoms with Gasteiger partial charge in [0.2, 0.25) is 5.91 Å². The van der Waals surface area contributed by atoms with E-state index in [1.165, 1.54) is 0 Å². The molecule has 0 saturated carbocycles. The summed E-state index contributed by atoms with van der Waals surface area (Å²) in [5, 5.41) is 0.979. The number of aromatic nitrogens is 1. The number of ether oxygens (including phenoxy) is 1. The normalized spacial score (nSPS) is 23.3. The second-order valence-corrected chi connectivity index (χ2v) is 7.47. The van der Waals surface area contributed by atoms with Crippen LogP contribution >= 0.6 is 0 Å². The van der Waals surface area contributed by atoms with Crippen molar-refractivity contribution >= 4 is 22.7 Å². The molecule has 2 fully saturated rings. The third-order valence-corrected chi connectivity index (χ3v) is 5.52. The maximum atomic E-state index is 13.1. The fourth-order valence-corrected chi connectivity index (χ4v) is 3.98. The van der Waals surface area contributed by atoms with Crippen molar-refractivity contribution in [3.05, 3.63) is 41.1 Å². The number of amides is 2. The molecule has 1 atom stereocenters. The summed E-state index contributed by atoms with van der Waals surface area (Å²) in [4.78, 5) is 33.0. The van der Waals surface area contributed by atoms with Crippen molar-refractivity contribution in [2.24, 2.45) is 0 Å². The summed E-state index contributed by atoms with van der Waals surface area (Å²) in [6, 6.07) is 7.94. The summed E-state index contributed by atoms with van der Waals surface area (Å²) in [5.74, 6) is -0.0243. The Morgan fingerprint density at radius 2 is 2.08 bits per heavy atom. The number of nitrogens with zero attached hydrogens (tertiary/aromatic N) is 3. The van der Waals surface area contributed by atoms with Crippen LogP contribution in [0.1, 0.15) is 28.0 Å². The Labute approximate surface area is 152 Å². The molecule has 0 unspecified atom stereocenters. The van der Waals surface area contributed by atoms with E-state index in [4.69, 9.17) is 4.74 Å². The summed E-state index contributed by atoms with van der Waals surface area (Å²) < 4.78 is 5.84. The lowest BCUT2D eigenvalue weighted by Crippen LogP contribution is -2.54. The number of hydrogen-bond donors (Lipinski definition) is 0. The van der Waals surface area contributed by atoms with Crippen LogP contribution in [0.15, 0.2) is 24.3 Å². The van der Waals surface area contributed by atoms with Gasteiger partial charge in [-0.1, -0.05) is 18.2 Å². The Morgan fingerprint density at radius 3 is 2.85 bits per heavy atom. The van der Waals surface area contributed by atoms with Gasteiger partial charge >= 0.3 is 0 Å². The number of fused-ring (bicyclic) bond motifs is 1. The first-order valence-corrected chi connectivity index (χ1v) is 8.93. The molecule has 6 nitrogen and oxygen atoms in total. The summed E-state index contributed by atoms with van der Waals surface area (Å²) in [6.45, 7) is 5.67. The van der Waals surface area contributed by atoms with E-state index in [0.29, 0.717) is 25.2 Å². The topological polar surface area (TPSA) is 62.7 Å². The number of morpholine rings is 1. The van der Waals surface area contributed by atoms with E-state index in [2.05, 4.69) is 4.98 Å². The molecule has 1 spiro atoms. The number of hydrogen-bond acceptors (Lipinski definition) is 4. The van der Waals surface area contributed by atoms with Crippen molar-refractivity contribution in [2.75, 3.05) is 33.3 Å². The number of likely N-dealkylation sites (N-methyl/N-ethyl adjacent to an activating group) is 1. The van der Waals surface area contributed by atoms with Crippen molar-refractivity contribution in [1.29, 1.82) is 0 Å². The third kappa shape index (κ3) is 2.74. The first kappa shape index (κ1) is 17.0. The number of carbonyl (C=O) groups excluding carboxylic acids is 2. The highest BCUT2D eigenvalue weighted by Crippen LogP contribution is 2.31. The molecule has 1 aromatic heterocycles. The van der Waals surface area contributed by atoms with Gasteiger partial charge in [0.05, 0.1) is 29.9 Å². The molecule has 0 bridgehead atoms. The monoisotopic (exact) mass is 353 g/mol. The minimum atomic E-state index is -0.437. The second-order valence-electron chi connectivity index (χ2n) is 7.47. The van der Waals surface area contributed by atoms with Gasteiger partial charge in [0.25, 0.3) is 5.91 Å². The summed E-state index contributed by atoms with van der Waals surface area (Å²) in [6.07, 6.45) is 0.746. The van der Waals surface area contributed by atoms with Crippen molar-refractivity contribution in [3.63, 3.8) is 0 Å². The average molecular weight is 353 g/mol. The zero-order valence-corrected chi connectivity index (χ0v) is 15.4. The number of aryl methyl sites for hydroxylation is 2. The van der Waals surface area contributed by atoms with Gasteiger partial charge in [-0.3, -0.25) is 14.6 Å². The fraction of sp³-hybridized carbons (Fsp3) is 0.450. The zero-order valence-electron chi connectivity index (χ0n) is 15.4. The van der Waals surface area contributed by atoms with Crippen LogP contribution in [0.4, 0.5) is 0 Å². The van der Waals surface area contributed by atoms with Crippen molar-refractivity contribution in [1.82, 2.24) is 14.8 Å². The first-order chi connectivity index (χ1) is 12.4. The molecule has 3 heterocycles. The van der Waals surface area contributed by atoms with Gasteiger partial charge in [-0.15, -0.1) is 0 Å². The van der Waals surface area contributed by atoms with E-state index in [0.717, 1.165) is 28.6 Å². The summed E-state index contributed by atoms with van der Waals surface area (Å²) >= 11 is 0. The number of likely N-dealkylation sites (tertiary alicyclic amines) is 1. The molecule has 2 aliphatic rings. The second kappa shape index (κ2) is 6.06. The summed E-state index contributed by atoms with van der Waals surface area (Å²) in [7, 11) is 1.79. The van der Waals surface area contributed by atoms with E-state index in [-0.39, 0.29) is 18.4 Å². The van der Waals surface area contributed by atoms with Gasteiger partial charge in [-0.05, 0) is 31.9 Å². The Bertz CT molecular complexity index is 911. The van der Waals surface area contributed by atoms with E-state index < -0.39 is 5.60 Å². The molecule has 6 heteroatoms. The van der Waals surface area contributed by atoms with Gasteiger partial charge in [0, 0.05) is 19.0 Å². The van der Waals surface area contributed by atoms with Gasteiger partial charge in [-0.25, -0.2) is 0 Å². The van der Waals surface area contributed by atoms with E-state index in [1.54, 1.807) is 11.9 Å². The van der Waals surface area contributed by atoms with Crippen LogP contribution in [-0.4, -0.2) is 65.5 Å². The molecular weight excluding hydrogens is 330 g/mol. The molecule has 2 aromatic rings. The van der Waals surface area contributed by atoms with Crippen molar-refractivity contribution in [3.8, 4) is 0 Å². The van der Waals surface area contributed by atoms with Gasteiger partial charge in [0.1, 0.15) is 12.2 Å². The molecule has 0 N–H and O–H groups in total. The van der Waals surface area contributed by atoms with E-state index >= 15 is 0 Å². The van der Waals surface area contributed by atoms with Gasteiger partial charge in [-0.2, -0.15) is 0 Å².